The highest BCUT2D eigenvalue weighted by atomic mass is 19.1. The maximum Gasteiger partial charge on any atom is 0.270 e. The molecule has 1 fully saturated rings. The molecule has 3 aromatic heterocycles. The third-order valence-electron chi connectivity index (χ3n) is 7.43. The van der Waals surface area contributed by atoms with E-state index in [0.717, 1.165) is 31.7 Å². The number of tetrazole rings is 1. The maximum absolute atomic E-state index is 14.0. The number of halogens is 2. The predicted octanol–water partition coefficient (Wildman–Crippen LogP) is 4.37. The molecule has 0 aliphatic heterocycles. The van der Waals surface area contributed by atoms with Gasteiger partial charge in [-0.15, -0.1) is 5.10 Å². The molecule has 214 valence electrons. The monoisotopic (exact) mass is 563 g/mol. The van der Waals surface area contributed by atoms with Crippen LogP contribution in [0.25, 0.3) is 11.3 Å². The fraction of sp³-hybridized carbons (Fsp3) is 0.393. The van der Waals surface area contributed by atoms with Crippen molar-refractivity contribution >= 4 is 17.8 Å². The van der Waals surface area contributed by atoms with E-state index in [2.05, 4.69) is 62.1 Å². The zero-order valence-electron chi connectivity index (χ0n) is 23.0. The van der Waals surface area contributed by atoms with E-state index in [1.165, 1.54) is 29.1 Å². The van der Waals surface area contributed by atoms with Gasteiger partial charge in [0.25, 0.3) is 17.8 Å². The van der Waals surface area contributed by atoms with Crippen LogP contribution in [0, 0.1) is 23.0 Å². The van der Waals surface area contributed by atoms with Gasteiger partial charge >= 0.3 is 0 Å². The summed E-state index contributed by atoms with van der Waals surface area (Å²) in [5, 5.41) is 23.1. The topological polar surface area (TPSA) is 143 Å². The Hall–Kier alpha value is -4.55. The molecule has 3 N–H and O–H groups in total. The number of H-pyrrole nitrogens is 1. The van der Waals surface area contributed by atoms with Crippen LogP contribution in [0.1, 0.15) is 73.0 Å². The third-order valence-corrected chi connectivity index (χ3v) is 7.43. The van der Waals surface area contributed by atoms with Crippen molar-refractivity contribution in [2.24, 2.45) is 11.3 Å². The van der Waals surface area contributed by atoms with Crippen LogP contribution in [-0.4, -0.2) is 53.2 Å². The Morgan fingerprint density at radius 2 is 1.76 bits per heavy atom. The largest absolute Gasteiger partial charge is 0.348 e. The summed E-state index contributed by atoms with van der Waals surface area (Å²) in [5.74, 6) is -1.66. The van der Waals surface area contributed by atoms with Crippen molar-refractivity contribution < 1.29 is 18.4 Å². The second kappa shape index (κ2) is 11.5. The fourth-order valence-corrected chi connectivity index (χ4v) is 5.12. The van der Waals surface area contributed by atoms with Crippen LogP contribution >= 0.6 is 0 Å². The summed E-state index contributed by atoms with van der Waals surface area (Å²) in [6.07, 6.45) is 5.18. The summed E-state index contributed by atoms with van der Waals surface area (Å²) in [6, 6.07) is 7.86. The molecule has 13 heteroatoms. The summed E-state index contributed by atoms with van der Waals surface area (Å²) in [4.78, 5) is 30.2. The number of nitrogens with one attached hydrogen (secondary N) is 3. The van der Waals surface area contributed by atoms with Gasteiger partial charge in [0.05, 0.1) is 23.5 Å². The number of carbonyl (C=O) groups excluding carboxylic acids is 2. The van der Waals surface area contributed by atoms with Crippen molar-refractivity contribution in [2.45, 2.75) is 59.0 Å². The number of nitrogens with zero attached hydrogens (tertiary/aromatic N) is 6. The van der Waals surface area contributed by atoms with Gasteiger partial charge in [-0.25, -0.2) is 8.78 Å². The van der Waals surface area contributed by atoms with Crippen molar-refractivity contribution in [2.75, 3.05) is 5.32 Å². The smallest absolute Gasteiger partial charge is 0.270 e. The van der Waals surface area contributed by atoms with E-state index in [1.54, 1.807) is 12.1 Å². The molecule has 1 aliphatic rings. The summed E-state index contributed by atoms with van der Waals surface area (Å²) < 4.78 is 29.4. The SMILES string of the molecule is CC(C)(C)C1CCC(NC(=O)c2cc(-c3cc(F)cc(F)c3)nn2Cc2ccc(C(=O)Nc3nn[nH]n3)cn2)CC1. The van der Waals surface area contributed by atoms with Crippen LogP contribution in [0.2, 0.25) is 0 Å². The predicted molar refractivity (Wildman–Crippen MR) is 146 cm³/mol. The van der Waals surface area contributed by atoms with Crippen molar-refractivity contribution in [3.05, 3.63) is 71.2 Å². The van der Waals surface area contributed by atoms with Crippen molar-refractivity contribution in [3.63, 3.8) is 0 Å². The lowest BCUT2D eigenvalue weighted by atomic mass is 9.71. The van der Waals surface area contributed by atoms with E-state index in [-0.39, 0.29) is 52.4 Å². The minimum absolute atomic E-state index is 0.0228. The van der Waals surface area contributed by atoms with Crippen LogP contribution < -0.4 is 10.6 Å². The number of hydrogen-bond donors (Lipinski definition) is 3. The minimum Gasteiger partial charge on any atom is -0.348 e. The van der Waals surface area contributed by atoms with Gasteiger partial charge in [0.2, 0.25) is 0 Å². The lowest BCUT2D eigenvalue weighted by Crippen LogP contribution is -2.40. The third kappa shape index (κ3) is 6.79. The molecule has 1 aliphatic carbocycles. The number of anilines is 1. The van der Waals surface area contributed by atoms with Crippen LogP contribution in [0.3, 0.4) is 0 Å². The molecule has 0 unspecified atom stereocenters. The van der Waals surface area contributed by atoms with Gasteiger partial charge in [0, 0.05) is 23.9 Å². The Bertz CT molecular complexity index is 1500. The van der Waals surface area contributed by atoms with Gasteiger partial charge in [-0.1, -0.05) is 25.9 Å². The summed E-state index contributed by atoms with van der Waals surface area (Å²) >= 11 is 0. The van der Waals surface area contributed by atoms with E-state index in [4.69, 9.17) is 0 Å². The van der Waals surface area contributed by atoms with Crippen molar-refractivity contribution in [1.29, 1.82) is 0 Å². The molecule has 0 atom stereocenters. The molecule has 0 saturated heterocycles. The van der Waals surface area contributed by atoms with Crippen molar-refractivity contribution in [1.82, 2.24) is 40.7 Å². The maximum atomic E-state index is 14.0. The number of benzene rings is 1. The second-order valence-corrected chi connectivity index (χ2v) is 11.3. The van der Waals surface area contributed by atoms with Gasteiger partial charge < -0.3 is 5.32 Å². The molecule has 5 rings (SSSR count). The lowest BCUT2D eigenvalue weighted by molar-refractivity contribution is 0.0893. The lowest BCUT2D eigenvalue weighted by Gasteiger charge is -2.37. The van der Waals surface area contributed by atoms with Crippen LogP contribution in [0.15, 0.2) is 42.6 Å². The highest BCUT2D eigenvalue weighted by molar-refractivity contribution is 6.03. The normalized spacial score (nSPS) is 17.3. The Balaban J connectivity index is 1.36. The van der Waals surface area contributed by atoms with Gasteiger partial charge in [-0.05, 0) is 72.6 Å². The molecule has 3 heterocycles. The summed E-state index contributed by atoms with van der Waals surface area (Å²) in [7, 11) is 0. The average Bonchev–Trinajstić information content (AvgIpc) is 3.58. The molecule has 4 aromatic rings. The molecule has 1 aromatic carbocycles. The number of pyridine rings is 1. The van der Waals surface area contributed by atoms with Crippen LogP contribution in [0.5, 0.6) is 0 Å². The standard InChI is InChI=1S/C28H31F2N9O2/c1-28(2,3)18-5-8-21(9-6-18)32-26(41)24-13-23(17-10-19(29)12-20(30)11-17)36-39(24)15-22-7-4-16(14-31-22)25(40)33-27-34-37-38-35-27/h4,7,10-14,18,21H,5-6,8-9,15H2,1-3H3,(H,32,41)(H2,33,34,35,37,38,40). The highest BCUT2D eigenvalue weighted by Gasteiger charge is 2.31. The van der Waals surface area contributed by atoms with Gasteiger partial charge in [0.15, 0.2) is 0 Å². The zero-order valence-corrected chi connectivity index (χ0v) is 23.0. The first kappa shape index (κ1) is 28.0. The van der Waals surface area contributed by atoms with E-state index in [0.29, 0.717) is 11.6 Å². The quantitative estimate of drug-likeness (QED) is 0.303. The first-order valence-electron chi connectivity index (χ1n) is 13.4. The molecule has 2 amide bonds. The molecule has 41 heavy (non-hydrogen) atoms. The number of hydrogen-bond acceptors (Lipinski definition) is 7. The van der Waals surface area contributed by atoms with Gasteiger partial charge in [-0.2, -0.15) is 10.3 Å². The molecular formula is C28H31F2N9O2. The molecule has 0 bridgehead atoms. The summed E-state index contributed by atoms with van der Waals surface area (Å²) in [5.41, 5.74) is 1.70. The highest BCUT2D eigenvalue weighted by Crippen LogP contribution is 2.37. The number of aromatic amines is 1. The number of aromatic nitrogens is 7. The van der Waals surface area contributed by atoms with Gasteiger partial charge in [-0.3, -0.25) is 24.6 Å². The van der Waals surface area contributed by atoms with Crippen LogP contribution in [0.4, 0.5) is 14.7 Å². The number of carbonyl (C=O) groups is 2. The van der Waals surface area contributed by atoms with Crippen LogP contribution in [-0.2, 0) is 6.54 Å². The molecule has 11 nitrogen and oxygen atoms in total. The Kier molecular flexibility index (Phi) is 7.86. The number of rotatable bonds is 7. The summed E-state index contributed by atoms with van der Waals surface area (Å²) in [6.45, 7) is 6.82. The molecular weight excluding hydrogens is 532 g/mol. The fourth-order valence-electron chi connectivity index (χ4n) is 5.12. The minimum atomic E-state index is -0.743. The van der Waals surface area contributed by atoms with E-state index in [9.17, 15) is 18.4 Å². The molecule has 0 radical (unpaired) electrons. The molecule has 1 saturated carbocycles. The van der Waals surface area contributed by atoms with E-state index >= 15 is 0 Å². The van der Waals surface area contributed by atoms with Gasteiger partial charge in [0.1, 0.15) is 17.3 Å². The number of amides is 2. The Labute approximate surface area is 235 Å². The first-order valence-corrected chi connectivity index (χ1v) is 13.4. The second-order valence-electron chi connectivity index (χ2n) is 11.3. The Morgan fingerprint density at radius 1 is 1.02 bits per heavy atom. The average molecular weight is 564 g/mol. The zero-order chi connectivity index (χ0) is 29.1. The van der Waals surface area contributed by atoms with E-state index < -0.39 is 17.5 Å². The molecule has 0 spiro atoms. The van der Waals surface area contributed by atoms with Crippen molar-refractivity contribution in [3.8, 4) is 11.3 Å². The first-order chi connectivity index (χ1) is 19.5. The Morgan fingerprint density at radius 3 is 2.37 bits per heavy atom. The van der Waals surface area contributed by atoms with E-state index in [1.807, 2.05) is 0 Å².